The molecular weight excluding hydrogens is 766 g/mol. The van der Waals surface area contributed by atoms with E-state index >= 15 is 0 Å². The molecule has 0 fully saturated rings. The summed E-state index contributed by atoms with van der Waals surface area (Å²) < 4.78 is 0. The van der Waals surface area contributed by atoms with E-state index < -0.39 is 116 Å². The second kappa shape index (κ2) is 31.7. The number of carbonyl (C=O) groups is 10. The van der Waals surface area contributed by atoms with Crippen LogP contribution in [0, 0.1) is 0 Å². The first-order valence-corrected chi connectivity index (χ1v) is 20.0. The van der Waals surface area contributed by atoms with E-state index in [2.05, 4.69) is 21.3 Å². The Labute approximate surface area is 337 Å². The predicted octanol–water partition coefficient (Wildman–Crippen LogP) is 2.20. The number of carboxylic acid groups (broad SMARTS) is 5. The minimum absolute atomic E-state index is 0.106. The second-order valence-electron chi connectivity index (χ2n) is 14.3. The van der Waals surface area contributed by atoms with Gasteiger partial charge in [0, 0.05) is 38.5 Å². The number of amides is 5. The highest BCUT2D eigenvalue weighted by Gasteiger charge is 2.27. The molecule has 0 aromatic heterocycles. The van der Waals surface area contributed by atoms with E-state index in [4.69, 9.17) is 10.8 Å². The molecule has 0 bridgehead atoms. The molecule has 20 heteroatoms. The van der Waals surface area contributed by atoms with Crippen molar-refractivity contribution in [1.82, 2.24) is 21.3 Å². The van der Waals surface area contributed by atoms with Gasteiger partial charge in [-0.1, -0.05) is 77.0 Å². The zero-order valence-electron chi connectivity index (χ0n) is 33.2. The minimum atomic E-state index is -1.61. The Morgan fingerprint density at radius 2 is 0.552 bits per heavy atom. The molecule has 5 amide bonds. The number of nitrogens with one attached hydrogen (secondary N) is 4. The Kier molecular flexibility index (Phi) is 28.8. The Morgan fingerprint density at radius 3 is 0.793 bits per heavy atom. The maximum absolute atomic E-state index is 12.5. The van der Waals surface area contributed by atoms with Gasteiger partial charge in [-0.3, -0.25) is 28.8 Å². The fourth-order valence-electron chi connectivity index (χ4n) is 5.89. The van der Waals surface area contributed by atoms with Crippen LogP contribution in [-0.4, -0.2) is 109 Å². The first-order chi connectivity index (χ1) is 27.4. The molecule has 0 saturated heterocycles. The number of rotatable bonds is 37. The maximum Gasteiger partial charge on any atom is 0.326 e. The van der Waals surface area contributed by atoms with Crippen LogP contribution in [0.5, 0.6) is 0 Å². The van der Waals surface area contributed by atoms with E-state index in [1.54, 1.807) is 0 Å². The van der Waals surface area contributed by atoms with Crippen LogP contribution >= 0.6 is 0 Å². The molecule has 330 valence electrons. The van der Waals surface area contributed by atoms with Gasteiger partial charge in [-0.25, -0.2) is 19.2 Å². The first kappa shape index (κ1) is 52.7. The molecule has 0 spiro atoms. The van der Waals surface area contributed by atoms with Crippen molar-refractivity contribution in [3.63, 3.8) is 0 Å². The highest BCUT2D eigenvalue weighted by atomic mass is 16.4. The molecule has 0 radical (unpaired) electrons. The number of unbranched alkanes of at least 4 members (excludes halogenated alkanes) is 13. The van der Waals surface area contributed by atoms with Gasteiger partial charge in [-0.15, -0.1) is 0 Å². The molecule has 0 aliphatic carbocycles. The van der Waals surface area contributed by atoms with Crippen molar-refractivity contribution >= 4 is 59.4 Å². The molecule has 0 aliphatic rings. The summed E-state index contributed by atoms with van der Waals surface area (Å²) in [6, 6.07) is -6.06. The van der Waals surface area contributed by atoms with Gasteiger partial charge >= 0.3 is 29.8 Å². The van der Waals surface area contributed by atoms with Crippen LogP contribution in [0.15, 0.2) is 0 Å². The molecule has 4 atom stereocenters. The van der Waals surface area contributed by atoms with Gasteiger partial charge in [0.05, 0.1) is 0 Å². The van der Waals surface area contributed by atoms with Crippen molar-refractivity contribution in [1.29, 1.82) is 0 Å². The maximum atomic E-state index is 12.5. The van der Waals surface area contributed by atoms with Gasteiger partial charge in [0.2, 0.25) is 29.5 Å². The van der Waals surface area contributed by atoms with Gasteiger partial charge in [0.1, 0.15) is 24.2 Å². The molecule has 20 nitrogen and oxygen atoms in total. The molecule has 0 rings (SSSR count). The molecule has 0 heterocycles. The fraction of sp³-hybridized carbons (Fsp3) is 0.737. The van der Waals surface area contributed by atoms with Gasteiger partial charge < -0.3 is 52.5 Å². The molecule has 58 heavy (non-hydrogen) atoms. The molecule has 0 aromatic carbocycles. The predicted molar refractivity (Wildman–Crippen MR) is 206 cm³/mol. The Morgan fingerprint density at radius 1 is 0.328 bits per heavy atom. The Bertz CT molecular complexity index is 1360. The van der Waals surface area contributed by atoms with Crippen LogP contribution in [-0.2, 0) is 47.9 Å². The first-order valence-electron chi connectivity index (χ1n) is 20.0. The van der Waals surface area contributed by atoms with E-state index in [1.807, 2.05) is 0 Å². The quantitative estimate of drug-likeness (QED) is 0.0401. The van der Waals surface area contributed by atoms with E-state index in [0.29, 0.717) is 6.42 Å². The zero-order chi connectivity index (χ0) is 43.9. The van der Waals surface area contributed by atoms with Gasteiger partial charge in [-0.05, 0) is 38.5 Å². The molecule has 0 aliphatic heterocycles. The van der Waals surface area contributed by atoms with Crippen LogP contribution in [0.3, 0.4) is 0 Å². The average molecular weight is 830 g/mol. The standard InChI is InChI=1S/C38H63N5O15/c39-29(44)21-17-25(35(51)52)41-31(46)23-19-27(37(55)56)43-33(48)24-20-28(38(57)58)42-32(47)22-18-26(36(53)54)40-30(45)15-13-11-9-7-5-3-1-2-4-6-8-10-12-14-16-34(49)50/h25-28H,1-24H2,(H2,39,44)(H,40,45)(H,41,46)(H,42,47)(H,43,48)(H,49,50)(H,51,52)(H,53,54)(H,55,56)(H,57,58). The molecule has 4 unspecified atom stereocenters. The number of hydrogen-bond donors (Lipinski definition) is 10. The second-order valence-corrected chi connectivity index (χ2v) is 14.3. The van der Waals surface area contributed by atoms with E-state index in [1.165, 1.54) is 12.8 Å². The van der Waals surface area contributed by atoms with Crippen molar-refractivity contribution in [3.8, 4) is 0 Å². The van der Waals surface area contributed by atoms with Gasteiger partial charge in [-0.2, -0.15) is 0 Å². The molecule has 0 saturated carbocycles. The lowest BCUT2D eigenvalue weighted by atomic mass is 10.0. The van der Waals surface area contributed by atoms with Crippen molar-refractivity contribution < 1.29 is 73.5 Å². The van der Waals surface area contributed by atoms with Gasteiger partial charge in [0.25, 0.3) is 0 Å². The summed E-state index contributed by atoms with van der Waals surface area (Å²) in [6.45, 7) is 0. The number of hydrogen-bond acceptors (Lipinski definition) is 10. The lowest BCUT2D eigenvalue weighted by molar-refractivity contribution is -0.144. The number of nitrogens with two attached hydrogens (primary N) is 1. The van der Waals surface area contributed by atoms with Crippen LogP contribution in [0.4, 0.5) is 0 Å². The molecule has 0 aromatic rings. The summed E-state index contributed by atoms with van der Waals surface area (Å²) in [4.78, 5) is 117. The summed E-state index contributed by atoms with van der Waals surface area (Å²) in [6.07, 6.45) is 11.1. The van der Waals surface area contributed by atoms with Crippen molar-refractivity contribution in [3.05, 3.63) is 0 Å². The average Bonchev–Trinajstić information content (AvgIpc) is 3.14. The monoisotopic (exact) mass is 829 g/mol. The molecule has 11 N–H and O–H groups in total. The van der Waals surface area contributed by atoms with Crippen LogP contribution in [0.25, 0.3) is 0 Å². The van der Waals surface area contributed by atoms with Crippen molar-refractivity contribution in [2.24, 2.45) is 5.73 Å². The number of carboxylic acids is 5. The fourth-order valence-corrected chi connectivity index (χ4v) is 5.89. The third-order valence-electron chi connectivity index (χ3n) is 9.24. The molecular formula is C38H63N5O15. The summed E-state index contributed by atoms with van der Waals surface area (Å²) in [5.41, 5.74) is 4.99. The number of aliphatic carboxylic acids is 5. The highest BCUT2D eigenvalue weighted by Crippen LogP contribution is 2.14. The lowest BCUT2D eigenvalue weighted by Gasteiger charge is -2.18. The SMILES string of the molecule is NC(=O)CCC(NC(=O)CCC(NC(=O)CCC(NC(=O)CCC(NC(=O)CCCCCCCCCCCCCCCCC(=O)O)C(=O)O)C(=O)O)C(=O)O)C(=O)O. The highest BCUT2D eigenvalue weighted by molar-refractivity contribution is 5.88. The summed E-state index contributed by atoms with van der Waals surface area (Å²) in [5, 5.41) is 55.2. The minimum Gasteiger partial charge on any atom is -0.481 e. The third-order valence-corrected chi connectivity index (χ3v) is 9.24. The summed E-state index contributed by atoms with van der Waals surface area (Å²) in [7, 11) is 0. The summed E-state index contributed by atoms with van der Waals surface area (Å²) in [5.74, 6) is -10.5. The van der Waals surface area contributed by atoms with Crippen molar-refractivity contribution in [2.45, 2.75) is 178 Å². The normalized spacial score (nSPS) is 12.9. The Hall–Kier alpha value is -5.30. The lowest BCUT2D eigenvalue weighted by Crippen LogP contribution is -2.45. The topological polar surface area (TPSA) is 346 Å². The number of carbonyl (C=O) groups excluding carboxylic acids is 5. The van der Waals surface area contributed by atoms with E-state index in [-0.39, 0.29) is 32.1 Å². The van der Waals surface area contributed by atoms with Crippen LogP contribution in [0.1, 0.15) is 154 Å². The number of primary amides is 1. The van der Waals surface area contributed by atoms with E-state index in [9.17, 15) is 68.4 Å². The Balaban J connectivity index is 4.47. The smallest absolute Gasteiger partial charge is 0.326 e. The third kappa shape index (κ3) is 29.0. The van der Waals surface area contributed by atoms with Crippen molar-refractivity contribution in [2.75, 3.05) is 0 Å². The van der Waals surface area contributed by atoms with Crippen LogP contribution < -0.4 is 27.0 Å². The zero-order valence-corrected chi connectivity index (χ0v) is 33.2. The summed E-state index contributed by atoms with van der Waals surface area (Å²) >= 11 is 0. The van der Waals surface area contributed by atoms with Crippen LogP contribution in [0.2, 0.25) is 0 Å². The van der Waals surface area contributed by atoms with Gasteiger partial charge in [0.15, 0.2) is 0 Å². The largest absolute Gasteiger partial charge is 0.481 e. The van der Waals surface area contributed by atoms with E-state index in [0.717, 1.165) is 70.6 Å².